The Morgan fingerprint density at radius 3 is 2.54 bits per heavy atom. The Balaban J connectivity index is 1.57. The number of hydrogen-bond acceptors (Lipinski definition) is 6. The summed E-state index contributed by atoms with van der Waals surface area (Å²) in [5.74, 6) is 6.44. The van der Waals surface area contributed by atoms with Crippen molar-refractivity contribution in [2.75, 3.05) is 26.7 Å². The zero-order valence-electron chi connectivity index (χ0n) is 20.0. The molecule has 2 aliphatic rings. The third-order valence-corrected chi connectivity index (χ3v) is 6.39. The molecule has 0 spiro atoms. The fourth-order valence-corrected chi connectivity index (χ4v) is 4.38. The first-order valence-electron chi connectivity index (χ1n) is 11.5. The lowest BCUT2D eigenvalue weighted by Crippen LogP contribution is -2.54. The summed E-state index contributed by atoms with van der Waals surface area (Å²) in [6.45, 7) is 5.89. The fraction of sp³-hybridized carbons (Fsp3) is 0.346. The second-order valence-corrected chi connectivity index (χ2v) is 8.51. The number of nitrogens with one attached hydrogen (secondary N) is 3. The van der Waals surface area contributed by atoms with E-state index in [0.29, 0.717) is 29.3 Å². The molecular formula is C26H29N5O4. The summed E-state index contributed by atoms with van der Waals surface area (Å²) in [7, 11) is 1.56. The molecule has 0 bridgehead atoms. The second kappa shape index (κ2) is 9.78. The van der Waals surface area contributed by atoms with Gasteiger partial charge in [-0.2, -0.15) is 0 Å². The van der Waals surface area contributed by atoms with Gasteiger partial charge in [-0.15, -0.1) is 0 Å². The van der Waals surface area contributed by atoms with E-state index in [1.807, 2.05) is 43.0 Å². The molecule has 2 aromatic rings. The molecule has 0 aromatic heterocycles. The van der Waals surface area contributed by atoms with E-state index in [9.17, 15) is 14.7 Å². The zero-order chi connectivity index (χ0) is 25.2. The van der Waals surface area contributed by atoms with Gasteiger partial charge < -0.3 is 20.1 Å². The molecule has 2 aromatic carbocycles. The van der Waals surface area contributed by atoms with E-state index >= 15 is 0 Å². The van der Waals surface area contributed by atoms with Gasteiger partial charge in [0.15, 0.2) is 5.54 Å². The predicted molar refractivity (Wildman–Crippen MR) is 131 cm³/mol. The van der Waals surface area contributed by atoms with Crippen molar-refractivity contribution >= 4 is 17.8 Å². The van der Waals surface area contributed by atoms with Crippen LogP contribution in [0.5, 0.6) is 5.75 Å². The smallest absolute Gasteiger partial charge is 0.323 e. The fourth-order valence-electron chi connectivity index (χ4n) is 4.38. The lowest BCUT2D eigenvalue weighted by molar-refractivity contribution is -0.123. The number of aliphatic hydroxyl groups excluding tert-OH is 1. The van der Waals surface area contributed by atoms with Crippen molar-refractivity contribution in [1.82, 2.24) is 20.4 Å². The van der Waals surface area contributed by atoms with Gasteiger partial charge in [-0.05, 0) is 43.7 Å². The van der Waals surface area contributed by atoms with Crippen LogP contribution in [0, 0.1) is 17.3 Å². The van der Waals surface area contributed by atoms with Gasteiger partial charge in [0.2, 0.25) is 0 Å². The normalized spacial score (nSPS) is 21.0. The Hall–Kier alpha value is -3.87. The number of hydrogen-bond donors (Lipinski definition) is 4. The van der Waals surface area contributed by atoms with E-state index in [2.05, 4.69) is 22.5 Å². The van der Waals surface area contributed by atoms with Crippen molar-refractivity contribution in [3.63, 3.8) is 0 Å². The van der Waals surface area contributed by atoms with Crippen LogP contribution in [0.15, 0.2) is 42.5 Å². The van der Waals surface area contributed by atoms with Crippen LogP contribution in [0.3, 0.4) is 0 Å². The Bertz CT molecular complexity index is 1210. The number of amidine groups is 1. The number of benzene rings is 2. The van der Waals surface area contributed by atoms with Gasteiger partial charge in [-0.25, -0.2) is 4.79 Å². The van der Waals surface area contributed by atoms with Crippen molar-refractivity contribution in [2.24, 2.45) is 0 Å². The van der Waals surface area contributed by atoms with Crippen LogP contribution >= 0.6 is 0 Å². The highest BCUT2D eigenvalue weighted by Gasteiger charge is 2.48. The molecule has 2 unspecified atom stereocenters. The number of rotatable bonds is 6. The van der Waals surface area contributed by atoms with Crippen LogP contribution in [0.25, 0.3) is 0 Å². The molecule has 0 aliphatic carbocycles. The standard InChI is InChI=1S/C26H29N5O4/c1-4-30(5-2)22(27)18-8-6-17(7-9-18)12-13-26(24(33)28-25(34)29-26)16-31-15-19-10-11-20(35-3)14-21(19)23(31)32/h6-11,14,23,27,32H,4-5,15-16H2,1-3H3,(H2,28,29,33,34). The summed E-state index contributed by atoms with van der Waals surface area (Å²) in [5.41, 5.74) is 1.51. The average Bonchev–Trinajstić information content (AvgIpc) is 3.32. The van der Waals surface area contributed by atoms with Crippen LogP contribution in [0.2, 0.25) is 0 Å². The Morgan fingerprint density at radius 2 is 1.94 bits per heavy atom. The molecule has 2 heterocycles. The molecule has 0 saturated carbocycles. The SMILES string of the molecule is CCN(CC)C(=N)c1ccc(C#CC2(CN3Cc4ccc(OC)cc4C3O)NC(=O)NC2=O)cc1. The highest BCUT2D eigenvalue weighted by atomic mass is 16.5. The van der Waals surface area contributed by atoms with E-state index in [1.165, 1.54) is 0 Å². The zero-order valence-corrected chi connectivity index (χ0v) is 20.0. The van der Waals surface area contributed by atoms with Gasteiger partial charge in [-0.3, -0.25) is 20.4 Å². The highest BCUT2D eigenvalue weighted by molar-refractivity contribution is 6.09. The highest BCUT2D eigenvalue weighted by Crippen LogP contribution is 2.35. The molecule has 9 nitrogen and oxygen atoms in total. The minimum absolute atomic E-state index is 0.000422. The number of urea groups is 1. The Labute approximate surface area is 204 Å². The van der Waals surface area contributed by atoms with Gasteiger partial charge in [0.05, 0.1) is 7.11 Å². The quantitative estimate of drug-likeness (QED) is 0.219. The van der Waals surface area contributed by atoms with Crippen LogP contribution in [-0.2, 0) is 11.3 Å². The molecule has 4 N–H and O–H groups in total. The number of carbonyl (C=O) groups excluding carboxylic acids is 2. The minimum Gasteiger partial charge on any atom is -0.497 e. The summed E-state index contributed by atoms with van der Waals surface area (Å²) in [4.78, 5) is 28.5. The van der Waals surface area contributed by atoms with Crippen molar-refractivity contribution < 1.29 is 19.4 Å². The predicted octanol–water partition coefficient (Wildman–Crippen LogP) is 1.80. The number of imide groups is 1. The van der Waals surface area contributed by atoms with Crippen molar-refractivity contribution in [1.29, 1.82) is 5.41 Å². The summed E-state index contributed by atoms with van der Waals surface area (Å²) in [5, 5.41) is 24.2. The van der Waals surface area contributed by atoms with Crippen LogP contribution in [0.1, 0.15) is 42.3 Å². The van der Waals surface area contributed by atoms with Crippen molar-refractivity contribution in [3.05, 3.63) is 64.7 Å². The first-order valence-corrected chi connectivity index (χ1v) is 11.5. The monoisotopic (exact) mass is 475 g/mol. The summed E-state index contributed by atoms with van der Waals surface area (Å²) in [6, 6.07) is 12.0. The number of ether oxygens (including phenoxy) is 1. The van der Waals surface area contributed by atoms with Crippen molar-refractivity contribution in [3.8, 4) is 17.6 Å². The van der Waals surface area contributed by atoms with E-state index in [1.54, 1.807) is 30.2 Å². The summed E-state index contributed by atoms with van der Waals surface area (Å²) < 4.78 is 5.25. The second-order valence-electron chi connectivity index (χ2n) is 8.51. The Morgan fingerprint density at radius 1 is 1.23 bits per heavy atom. The van der Waals surface area contributed by atoms with E-state index in [4.69, 9.17) is 10.1 Å². The molecule has 2 aliphatic heterocycles. The summed E-state index contributed by atoms with van der Waals surface area (Å²) in [6.07, 6.45) is -0.963. The third-order valence-electron chi connectivity index (χ3n) is 6.39. The molecule has 182 valence electrons. The lowest BCUT2D eigenvalue weighted by atomic mass is 9.98. The number of aliphatic hydroxyl groups is 1. The molecule has 9 heteroatoms. The topological polar surface area (TPSA) is 118 Å². The number of amides is 3. The molecule has 2 atom stereocenters. The third kappa shape index (κ3) is 4.71. The van der Waals surface area contributed by atoms with E-state index < -0.39 is 23.7 Å². The van der Waals surface area contributed by atoms with Gasteiger partial charge in [0, 0.05) is 42.9 Å². The lowest BCUT2D eigenvalue weighted by Gasteiger charge is -2.28. The van der Waals surface area contributed by atoms with Crippen molar-refractivity contribution in [2.45, 2.75) is 32.2 Å². The first kappa shape index (κ1) is 24.3. The molecular weight excluding hydrogens is 446 g/mol. The van der Waals surface area contributed by atoms with Gasteiger partial charge in [0.1, 0.15) is 17.8 Å². The van der Waals surface area contributed by atoms with E-state index in [0.717, 1.165) is 24.2 Å². The average molecular weight is 476 g/mol. The number of carbonyl (C=O) groups is 2. The maximum Gasteiger partial charge on any atom is 0.323 e. The first-order chi connectivity index (χ1) is 16.8. The molecule has 1 fully saturated rings. The molecule has 4 rings (SSSR count). The molecule has 1 saturated heterocycles. The van der Waals surface area contributed by atoms with Gasteiger partial charge in [0.25, 0.3) is 5.91 Å². The van der Waals surface area contributed by atoms with Crippen LogP contribution in [0.4, 0.5) is 4.79 Å². The number of fused-ring (bicyclic) bond motifs is 1. The Kier molecular flexibility index (Phi) is 6.78. The van der Waals surface area contributed by atoms with E-state index in [-0.39, 0.29) is 6.54 Å². The number of nitrogens with zero attached hydrogens (tertiary/aromatic N) is 2. The van der Waals surface area contributed by atoms with Crippen LogP contribution < -0.4 is 15.4 Å². The minimum atomic E-state index is -1.52. The molecule has 0 radical (unpaired) electrons. The van der Waals surface area contributed by atoms with Gasteiger partial charge >= 0.3 is 6.03 Å². The maximum atomic E-state index is 12.8. The molecule has 35 heavy (non-hydrogen) atoms. The summed E-state index contributed by atoms with van der Waals surface area (Å²) >= 11 is 0. The number of methoxy groups -OCH3 is 1. The largest absolute Gasteiger partial charge is 0.497 e. The maximum absolute atomic E-state index is 12.8. The van der Waals surface area contributed by atoms with Gasteiger partial charge in [-0.1, -0.05) is 30.0 Å². The van der Waals surface area contributed by atoms with Crippen LogP contribution in [-0.4, -0.2) is 65.0 Å². The molecule has 3 amide bonds.